The van der Waals surface area contributed by atoms with Crippen molar-refractivity contribution in [3.8, 4) is 0 Å². The van der Waals surface area contributed by atoms with Gasteiger partial charge in [0.05, 0.1) is 6.61 Å². The first-order valence-corrected chi connectivity index (χ1v) is 6.07. The van der Waals surface area contributed by atoms with Gasteiger partial charge in [0.2, 0.25) is 0 Å². The summed E-state index contributed by atoms with van der Waals surface area (Å²) >= 11 is 6.06. The Morgan fingerprint density at radius 1 is 1.44 bits per heavy atom. The minimum Gasteiger partial charge on any atom is -0.380 e. The maximum atomic E-state index is 6.06. The first kappa shape index (κ1) is 13.5. The van der Waals surface area contributed by atoms with E-state index in [1.807, 2.05) is 26.0 Å². The Labute approximate surface area is 103 Å². The van der Waals surface area contributed by atoms with Gasteiger partial charge in [0.25, 0.3) is 0 Å². The van der Waals surface area contributed by atoms with Gasteiger partial charge in [0, 0.05) is 24.2 Å². The predicted octanol–water partition coefficient (Wildman–Crippen LogP) is 3.16. The summed E-state index contributed by atoms with van der Waals surface area (Å²) in [4.78, 5) is 0. The molecule has 1 aromatic carbocycles. The van der Waals surface area contributed by atoms with Crippen molar-refractivity contribution in [3.63, 3.8) is 0 Å². The van der Waals surface area contributed by atoms with Crippen molar-refractivity contribution in [2.75, 3.05) is 13.2 Å². The first-order valence-electron chi connectivity index (χ1n) is 5.69. The van der Waals surface area contributed by atoms with E-state index in [0.717, 1.165) is 30.3 Å². The first-order chi connectivity index (χ1) is 7.63. The minimum atomic E-state index is 0.361. The fourth-order valence-corrected chi connectivity index (χ4v) is 1.60. The number of halogens is 1. The topological polar surface area (TPSA) is 21.3 Å². The summed E-state index contributed by atoms with van der Waals surface area (Å²) in [6.45, 7) is 8.47. The molecule has 0 aliphatic rings. The van der Waals surface area contributed by atoms with Crippen LogP contribution in [0.1, 0.15) is 25.0 Å². The Bertz CT molecular complexity index is 328. The molecule has 0 spiro atoms. The lowest BCUT2D eigenvalue weighted by Gasteiger charge is -2.13. The third kappa shape index (κ3) is 4.52. The Morgan fingerprint density at radius 2 is 2.19 bits per heavy atom. The van der Waals surface area contributed by atoms with Crippen LogP contribution in [-0.2, 0) is 11.3 Å². The summed E-state index contributed by atoms with van der Waals surface area (Å²) < 4.78 is 5.34. The average Bonchev–Trinajstić information content (AvgIpc) is 2.28. The quantitative estimate of drug-likeness (QED) is 0.826. The van der Waals surface area contributed by atoms with E-state index in [2.05, 4.69) is 18.3 Å². The highest BCUT2D eigenvalue weighted by Crippen LogP contribution is 2.16. The largest absolute Gasteiger partial charge is 0.380 e. The van der Waals surface area contributed by atoms with Gasteiger partial charge in [-0.3, -0.25) is 0 Å². The molecule has 3 heteroatoms. The predicted molar refractivity (Wildman–Crippen MR) is 69.0 cm³/mol. The van der Waals surface area contributed by atoms with E-state index in [0.29, 0.717) is 6.04 Å². The van der Waals surface area contributed by atoms with Gasteiger partial charge in [0.1, 0.15) is 0 Å². The van der Waals surface area contributed by atoms with E-state index in [4.69, 9.17) is 16.3 Å². The van der Waals surface area contributed by atoms with E-state index < -0.39 is 0 Å². The zero-order chi connectivity index (χ0) is 12.0. The van der Waals surface area contributed by atoms with Crippen molar-refractivity contribution in [1.29, 1.82) is 0 Å². The molecule has 0 aliphatic carbocycles. The molecule has 1 unspecified atom stereocenters. The smallest absolute Gasteiger partial charge is 0.0616 e. The molecule has 0 fully saturated rings. The lowest BCUT2D eigenvalue weighted by molar-refractivity contribution is 0.127. The van der Waals surface area contributed by atoms with Crippen LogP contribution in [0.2, 0.25) is 5.02 Å². The number of hydrogen-bond acceptors (Lipinski definition) is 2. The average molecular weight is 242 g/mol. The number of ether oxygens (including phenoxy) is 1. The van der Waals surface area contributed by atoms with Crippen LogP contribution in [0.5, 0.6) is 0 Å². The molecule has 0 aliphatic heterocycles. The number of benzene rings is 1. The number of nitrogens with one attached hydrogen (secondary N) is 1. The molecule has 1 atom stereocenters. The molecule has 0 amide bonds. The normalized spacial score (nSPS) is 12.8. The van der Waals surface area contributed by atoms with Gasteiger partial charge in [0.15, 0.2) is 0 Å². The molecule has 0 aromatic heterocycles. The zero-order valence-corrected chi connectivity index (χ0v) is 11.0. The van der Waals surface area contributed by atoms with Crippen LogP contribution in [0, 0.1) is 6.92 Å². The van der Waals surface area contributed by atoms with E-state index in [1.165, 1.54) is 5.56 Å². The van der Waals surface area contributed by atoms with E-state index in [-0.39, 0.29) is 0 Å². The monoisotopic (exact) mass is 241 g/mol. The molecule has 0 saturated carbocycles. The standard InChI is InChI=1S/C13H20ClNO/c1-4-16-9-11(3)15-8-12-6-5-10(2)13(14)7-12/h5-7,11,15H,4,8-9H2,1-3H3. The van der Waals surface area contributed by atoms with Crippen LogP contribution < -0.4 is 5.32 Å². The number of hydrogen-bond donors (Lipinski definition) is 1. The Hall–Kier alpha value is -0.570. The van der Waals surface area contributed by atoms with Crippen molar-refractivity contribution < 1.29 is 4.74 Å². The van der Waals surface area contributed by atoms with Gasteiger partial charge in [-0.15, -0.1) is 0 Å². The zero-order valence-electron chi connectivity index (χ0n) is 10.2. The molecule has 0 radical (unpaired) electrons. The van der Waals surface area contributed by atoms with Gasteiger partial charge in [-0.25, -0.2) is 0 Å². The summed E-state index contributed by atoms with van der Waals surface area (Å²) in [5.41, 5.74) is 2.33. The minimum absolute atomic E-state index is 0.361. The van der Waals surface area contributed by atoms with Crippen molar-refractivity contribution >= 4 is 11.6 Å². The molecule has 2 nitrogen and oxygen atoms in total. The molecule has 0 bridgehead atoms. The second kappa shape index (κ2) is 6.89. The van der Waals surface area contributed by atoms with Gasteiger partial charge in [-0.05, 0) is 38.0 Å². The third-order valence-electron chi connectivity index (χ3n) is 2.46. The number of rotatable bonds is 6. The molecule has 90 valence electrons. The van der Waals surface area contributed by atoms with Crippen LogP contribution >= 0.6 is 11.6 Å². The molecule has 1 aromatic rings. The van der Waals surface area contributed by atoms with E-state index in [1.54, 1.807) is 0 Å². The van der Waals surface area contributed by atoms with Gasteiger partial charge >= 0.3 is 0 Å². The van der Waals surface area contributed by atoms with Crippen LogP contribution in [0.4, 0.5) is 0 Å². The lowest BCUT2D eigenvalue weighted by Crippen LogP contribution is -2.30. The fraction of sp³-hybridized carbons (Fsp3) is 0.538. The maximum absolute atomic E-state index is 6.06. The third-order valence-corrected chi connectivity index (χ3v) is 2.87. The van der Waals surface area contributed by atoms with Crippen LogP contribution in [0.25, 0.3) is 0 Å². The highest BCUT2D eigenvalue weighted by atomic mass is 35.5. The highest BCUT2D eigenvalue weighted by molar-refractivity contribution is 6.31. The summed E-state index contributed by atoms with van der Waals surface area (Å²) in [5.74, 6) is 0. The van der Waals surface area contributed by atoms with Crippen LogP contribution in [0.3, 0.4) is 0 Å². The van der Waals surface area contributed by atoms with E-state index in [9.17, 15) is 0 Å². The van der Waals surface area contributed by atoms with E-state index >= 15 is 0 Å². The Balaban J connectivity index is 2.39. The molecule has 16 heavy (non-hydrogen) atoms. The Kier molecular flexibility index (Phi) is 5.81. The fourth-order valence-electron chi connectivity index (χ4n) is 1.39. The van der Waals surface area contributed by atoms with Crippen molar-refractivity contribution in [2.24, 2.45) is 0 Å². The van der Waals surface area contributed by atoms with Crippen molar-refractivity contribution in [3.05, 3.63) is 34.3 Å². The molecule has 1 N–H and O–H groups in total. The van der Waals surface area contributed by atoms with Crippen LogP contribution in [-0.4, -0.2) is 19.3 Å². The van der Waals surface area contributed by atoms with Gasteiger partial charge in [-0.1, -0.05) is 23.7 Å². The van der Waals surface area contributed by atoms with Gasteiger partial charge < -0.3 is 10.1 Å². The summed E-state index contributed by atoms with van der Waals surface area (Å²) in [7, 11) is 0. The number of aryl methyl sites for hydroxylation is 1. The lowest BCUT2D eigenvalue weighted by atomic mass is 10.1. The second-order valence-corrected chi connectivity index (χ2v) is 4.43. The summed E-state index contributed by atoms with van der Waals surface area (Å²) in [6.07, 6.45) is 0. The van der Waals surface area contributed by atoms with Gasteiger partial charge in [-0.2, -0.15) is 0 Å². The molecular weight excluding hydrogens is 222 g/mol. The summed E-state index contributed by atoms with van der Waals surface area (Å²) in [5, 5.41) is 4.23. The molecule has 0 heterocycles. The van der Waals surface area contributed by atoms with Crippen molar-refractivity contribution in [1.82, 2.24) is 5.32 Å². The van der Waals surface area contributed by atoms with Crippen LogP contribution in [0.15, 0.2) is 18.2 Å². The molecule has 0 saturated heterocycles. The molecule has 1 rings (SSSR count). The Morgan fingerprint density at radius 3 is 2.81 bits per heavy atom. The molecular formula is C13H20ClNO. The summed E-state index contributed by atoms with van der Waals surface area (Å²) in [6, 6.07) is 6.52. The highest BCUT2D eigenvalue weighted by Gasteiger charge is 2.02. The maximum Gasteiger partial charge on any atom is 0.0616 e. The SMILES string of the molecule is CCOCC(C)NCc1ccc(C)c(Cl)c1. The second-order valence-electron chi connectivity index (χ2n) is 4.02. The van der Waals surface area contributed by atoms with Crippen molar-refractivity contribution in [2.45, 2.75) is 33.4 Å².